The van der Waals surface area contributed by atoms with Crippen LogP contribution in [0, 0.1) is 0 Å². The molecule has 0 saturated carbocycles. The van der Waals surface area contributed by atoms with Gasteiger partial charge in [-0.15, -0.1) is 0 Å². The molecule has 1 amide bonds. The van der Waals surface area contributed by atoms with Crippen LogP contribution < -0.4 is 10.2 Å². The molecule has 1 N–H and O–H groups in total. The zero-order valence-electron chi connectivity index (χ0n) is 52.6. The average molecular weight is 1130 g/mol. The van der Waals surface area contributed by atoms with Crippen LogP contribution in [0.4, 0.5) is 0 Å². The summed E-state index contributed by atoms with van der Waals surface area (Å²) in [6, 6.07) is -0.898. The van der Waals surface area contributed by atoms with Gasteiger partial charge < -0.3 is 28.5 Å². The number of nitrogens with zero attached hydrogens (tertiary/aromatic N) is 1. The monoisotopic (exact) mass is 1130 g/mol. The third-order valence-corrected chi connectivity index (χ3v) is 15.6. The van der Waals surface area contributed by atoms with Gasteiger partial charge in [-0.1, -0.05) is 280 Å². The van der Waals surface area contributed by atoms with Crippen molar-refractivity contribution in [3.8, 4) is 0 Å². The van der Waals surface area contributed by atoms with Crippen LogP contribution in [0.1, 0.15) is 303 Å². The van der Waals surface area contributed by atoms with Gasteiger partial charge in [0.25, 0.3) is 7.82 Å². The number of carbonyl (C=O) groups excluding carboxylic acids is 2. The molecule has 0 saturated heterocycles. The maximum Gasteiger partial charge on any atom is 0.306 e. The Hall–Kier alpha value is -2.55. The quantitative estimate of drug-likeness (QED) is 0.0161. The fourth-order valence-corrected chi connectivity index (χ4v) is 10.3. The Bertz CT molecular complexity index is 1580. The van der Waals surface area contributed by atoms with E-state index in [1.54, 1.807) is 0 Å². The molecule has 0 spiro atoms. The fourth-order valence-electron chi connectivity index (χ4n) is 9.55. The van der Waals surface area contributed by atoms with Gasteiger partial charge in [-0.05, 0) is 83.1 Å². The molecule has 0 radical (unpaired) electrons. The summed E-state index contributed by atoms with van der Waals surface area (Å²) in [6.07, 6.45) is 76.0. The Morgan fingerprint density at radius 1 is 0.468 bits per heavy atom. The molecule has 3 unspecified atom stereocenters. The van der Waals surface area contributed by atoms with Gasteiger partial charge in [-0.2, -0.15) is 0 Å². The van der Waals surface area contributed by atoms with Gasteiger partial charge in [-0.25, -0.2) is 0 Å². The molecule has 0 aromatic rings. The molecule has 0 bridgehead atoms. The van der Waals surface area contributed by atoms with Crippen molar-refractivity contribution in [3.05, 3.63) is 72.9 Å². The molecular formula is C69H127N2O7P. The number of quaternary nitrogens is 1. The van der Waals surface area contributed by atoms with Gasteiger partial charge in [0.15, 0.2) is 0 Å². The molecule has 0 aromatic heterocycles. The number of phosphoric ester groups is 1. The van der Waals surface area contributed by atoms with Crippen molar-refractivity contribution < 1.29 is 37.3 Å². The smallest absolute Gasteiger partial charge is 0.306 e. The SMILES string of the molecule is CC/C=C/C=C/C=C\CCCCCCCC(=O)OC(/C=C\CCCCCCCCCCCCC)C(COP(=O)([O-])OCC[N+](C)(C)C)NC(=O)CCCCCCCCCCCCCCCCCCC/C=C\C/C=C\CCCCC. The van der Waals surface area contributed by atoms with Crippen LogP contribution in [0.2, 0.25) is 0 Å². The lowest BCUT2D eigenvalue weighted by molar-refractivity contribution is -0.870. The number of hydrogen-bond acceptors (Lipinski definition) is 7. The van der Waals surface area contributed by atoms with E-state index in [-0.39, 0.29) is 24.9 Å². The van der Waals surface area contributed by atoms with Crippen LogP contribution in [-0.2, 0) is 27.9 Å². The summed E-state index contributed by atoms with van der Waals surface area (Å²) in [5.41, 5.74) is 0. The highest BCUT2D eigenvalue weighted by Gasteiger charge is 2.27. The first-order chi connectivity index (χ1) is 38.4. The molecule has 0 aromatic carbocycles. The largest absolute Gasteiger partial charge is 0.756 e. The first-order valence-corrected chi connectivity index (χ1v) is 34.7. The summed E-state index contributed by atoms with van der Waals surface area (Å²) in [5, 5.41) is 3.03. The number of esters is 1. The number of nitrogens with one attached hydrogen (secondary N) is 1. The van der Waals surface area contributed by atoms with E-state index in [0.717, 1.165) is 83.5 Å². The van der Waals surface area contributed by atoms with Crippen molar-refractivity contribution in [2.45, 2.75) is 315 Å². The maximum atomic E-state index is 13.6. The number of allylic oxidation sites excluding steroid dienone is 11. The Morgan fingerprint density at radius 2 is 0.861 bits per heavy atom. The second kappa shape index (κ2) is 58.6. The van der Waals surface area contributed by atoms with Crippen LogP contribution in [0.3, 0.4) is 0 Å². The van der Waals surface area contributed by atoms with Gasteiger partial charge in [0.2, 0.25) is 5.91 Å². The highest BCUT2D eigenvalue weighted by Crippen LogP contribution is 2.38. The first-order valence-electron chi connectivity index (χ1n) is 33.3. The predicted octanol–water partition coefficient (Wildman–Crippen LogP) is 20.2. The van der Waals surface area contributed by atoms with E-state index in [2.05, 4.69) is 86.8 Å². The number of phosphoric acid groups is 1. The molecule has 3 atom stereocenters. The molecular weight excluding hydrogens is 1000 g/mol. The summed E-state index contributed by atoms with van der Waals surface area (Å²) in [5.74, 6) is -0.558. The summed E-state index contributed by atoms with van der Waals surface area (Å²) in [6.45, 7) is 6.69. The standard InChI is InChI=1S/C69H127N2O7P/c1-7-10-13-16-19-22-25-28-29-30-31-32-33-34-35-36-37-38-39-40-41-44-46-49-52-55-58-61-68(72)70-66(65-77-79(74,75)76-64-63-71(4,5)6)67(60-57-54-51-48-45-42-26-23-20-17-14-11-8-2)78-69(73)62-59-56-53-50-47-43-27-24-21-18-15-12-9-3/h12,15,18-19,21-22,24,27-29,57,60,66-67H,7-11,13-14,16-17,20,23,25-26,30-56,58-59,61-65H2,1-6H3,(H-,70,72,74,75)/b15-12+,21-18+,22-19-,27-24-,29-28-,60-57-. The van der Waals surface area contributed by atoms with Crippen molar-refractivity contribution in [1.82, 2.24) is 5.32 Å². The number of carbonyl (C=O) groups is 2. The topological polar surface area (TPSA) is 114 Å². The number of ether oxygens (including phenoxy) is 1. The summed E-state index contributed by atoms with van der Waals surface area (Å²) < 4.78 is 30.3. The molecule has 0 fully saturated rings. The Kier molecular flexibility index (Phi) is 56.7. The average Bonchev–Trinajstić information content (AvgIpc) is 3.41. The summed E-state index contributed by atoms with van der Waals surface area (Å²) >= 11 is 0. The van der Waals surface area contributed by atoms with Gasteiger partial charge in [-0.3, -0.25) is 14.2 Å². The zero-order chi connectivity index (χ0) is 57.9. The van der Waals surface area contributed by atoms with Gasteiger partial charge in [0.05, 0.1) is 33.8 Å². The number of unbranched alkanes of at least 4 members (excludes halogenated alkanes) is 36. The zero-order valence-corrected chi connectivity index (χ0v) is 53.5. The van der Waals surface area contributed by atoms with E-state index in [9.17, 15) is 19.0 Å². The lowest BCUT2D eigenvalue weighted by Crippen LogP contribution is -2.47. The molecule has 9 nitrogen and oxygen atoms in total. The summed E-state index contributed by atoms with van der Waals surface area (Å²) in [7, 11) is 1.17. The first kappa shape index (κ1) is 76.5. The van der Waals surface area contributed by atoms with Crippen molar-refractivity contribution in [3.63, 3.8) is 0 Å². The van der Waals surface area contributed by atoms with Crippen molar-refractivity contribution >= 4 is 19.7 Å². The molecule has 0 aliphatic rings. The predicted molar refractivity (Wildman–Crippen MR) is 339 cm³/mol. The van der Waals surface area contributed by atoms with Crippen LogP contribution in [0.5, 0.6) is 0 Å². The lowest BCUT2D eigenvalue weighted by atomic mass is 10.0. The van der Waals surface area contributed by atoms with Crippen molar-refractivity contribution in [2.24, 2.45) is 0 Å². The Morgan fingerprint density at radius 3 is 1.33 bits per heavy atom. The molecule has 0 heterocycles. The molecule has 79 heavy (non-hydrogen) atoms. The van der Waals surface area contributed by atoms with E-state index in [1.165, 1.54) is 180 Å². The maximum absolute atomic E-state index is 13.6. The van der Waals surface area contributed by atoms with E-state index in [4.69, 9.17) is 13.8 Å². The minimum Gasteiger partial charge on any atom is -0.756 e. The van der Waals surface area contributed by atoms with Crippen LogP contribution in [0.15, 0.2) is 72.9 Å². The van der Waals surface area contributed by atoms with E-state index in [1.807, 2.05) is 33.3 Å². The number of hydrogen-bond donors (Lipinski definition) is 1. The van der Waals surface area contributed by atoms with E-state index in [0.29, 0.717) is 23.9 Å². The molecule has 0 aliphatic carbocycles. The van der Waals surface area contributed by atoms with E-state index >= 15 is 0 Å². The number of amides is 1. The Balaban J connectivity index is 5.03. The van der Waals surface area contributed by atoms with Gasteiger partial charge in [0.1, 0.15) is 19.3 Å². The molecule has 460 valence electrons. The third kappa shape index (κ3) is 59.9. The highest BCUT2D eigenvalue weighted by atomic mass is 31.2. The highest BCUT2D eigenvalue weighted by molar-refractivity contribution is 7.45. The lowest BCUT2D eigenvalue weighted by Gasteiger charge is -2.30. The van der Waals surface area contributed by atoms with Crippen molar-refractivity contribution in [2.75, 3.05) is 40.9 Å². The van der Waals surface area contributed by atoms with Crippen LogP contribution >= 0.6 is 7.82 Å². The van der Waals surface area contributed by atoms with Gasteiger partial charge >= 0.3 is 5.97 Å². The van der Waals surface area contributed by atoms with Crippen LogP contribution in [-0.4, -0.2) is 69.4 Å². The number of likely N-dealkylation sites (N-methyl/N-ethyl adjacent to an activating group) is 1. The second-order valence-corrected chi connectivity index (χ2v) is 25.1. The fraction of sp³-hybridized carbons (Fsp3) is 0.797. The Labute approximate surface area is 489 Å². The van der Waals surface area contributed by atoms with Crippen molar-refractivity contribution in [1.29, 1.82) is 0 Å². The number of rotatable bonds is 60. The van der Waals surface area contributed by atoms with E-state index < -0.39 is 26.6 Å². The third-order valence-electron chi connectivity index (χ3n) is 14.7. The van der Waals surface area contributed by atoms with Gasteiger partial charge in [0, 0.05) is 12.8 Å². The molecule has 0 aliphatic heterocycles. The molecule has 0 rings (SSSR count). The van der Waals surface area contributed by atoms with Crippen LogP contribution in [0.25, 0.3) is 0 Å². The second-order valence-electron chi connectivity index (χ2n) is 23.7. The minimum atomic E-state index is -4.71. The normalized spacial score (nSPS) is 14.1. The minimum absolute atomic E-state index is 0.0268. The molecule has 10 heteroatoms. The summed E-state index contributed by atoms with van der Waals surface area (Å²) in [4.78, 5) is 40.0.